The summed E-state index contributed by atoms with van der Waals surface area (Å²) >= 11 is 0.978. The van der Waals surface area contributed by atoms with E-state index < -0.39 is 23.7 Å². The molecular formula is C29H30N2O6S. The van der Waals surface area contributed by atoms with Gasteiger partial charge >= 0.3 is 11.9 Å². The molecule has 1 aromatic heterocycles. The number of Topliss-reactive ketones (excluding diaryl/α,β-unsaturated/α-hetero) is 1. The largest absolute Gasteiger partial charge is 0.507 e. The van der Waals surface area contributed by atoms with E-state index in [1.54, 1.807) is 38.1 Å². The number of benzene rings is 2. The number of carbonyl (C=O) groups excluding carboxylic acids is 3. The number of aromatic nitrogens is 1. The summed E-state index contributed by atoms with van der Waals surface area (Å²) in [5.41, 5.74) is 2.31. The predicted octanol–water partition coefficient (Wildman–Crippen LogP) is 5.74. The van der Waals surface area contributed by atoms with Gasteiger partial charge in [0.05, 0.1) is 30.5 Å². The van der Waals surface area contributed by atoms with Crippen LogP contribution in [0, 0.1) is 13.8 Å². The molecule has 1 saturated heterocycles. The minimum absolute atomic E-state index is 0.0601. The van der Waals surface area contributed by atoms with Crippen LogP contribution in [-0.4, -0.2) is 41.0 Å². The summed E-state index contributed by atoms with van der Waals surface area (Å²) in [6.45, 7) is 8.07. The number of hydrogen-bond acceptors (Lipinski definition) is 8. The molecule has 8 nitrogen and oxygen atoms in total. The van der Waals surface area contributed by atoms with Crippen LogP contribution in [0.2, 0.25) is 0 Å². The third kappa shape index (κ3) is 5.33. The molecule has 1 aliphatic heterocycles. The number of carbonyl (C=O) groups is 3. The zero-order valence-corrected chi connectivity index (χ0v) is 22.6. The van der Waals surface area contributed by atoms with Gasteiger partial charge < -0.3 is 14.6 Å². The van der Waals surface area contributed by atoms with Gasteiger partial charge in [-0.2, -0.15) is 0 Å². The molecule has 1 atom stereocenters. The second-order valence-electron chi connectivity index (χ2n) is 8.94. The summed E-state index contributed by atoms with van der Waals surface area (Å²) < 4.78 is 10.9. The number of ketones is 1. The highest BCUT2D eigenvalue weighted by atomic mass is 32.1. The van der Waals surface area contributed by atoms with E-state index in [0.29, 0.717) is 29.2 Å². The highest BCUT2D eigenvalue weighted by Gasteiger charge is 2.48. The van der Waals surface area contributed by atoms with E-state index in [9.17, 15) is 19.5 Å². The summed E-state index contributed by atoms with van der Waals surface area (Å²) in [5.74, 6) is -1.97. The van der Waals surface area contributed by atoms with Crippen LogP contribution in [0.15, 0.2) is 54.1 Å². The topological polar surface area (TPSA) is 106 Å². The number of thiazole rings is 1. The van der Waals surface area contributed by atoms with Gasteiger partial charge in [-0.15, -0.1) is 0 Å². The number of ether oxygens (including phenoxy) is 2. The second-order valence-corrected chi connectivity index (χ2v) is 9.92. The molecule has 2 aromatic carbocycles. The van der Waals surface area contributed by atoms with Crippen LogP contribution >= 0.6 is 11.3 Å². The number of amides is 1. The molecule has 4 rings (SSSR count). The average molecular weight is 535 g/mol. The summed E-state index contributed by atoms with van der Waals surface area (Å²) in [5, 5.41) is 11.6. The summed E-state index contributed by atoms with van der Waals surface area (Å²) in [6.07, 6.45) is 1.86. The lowest BCUT2D eigenvalue weighted by molar-refractivity contribution is -0.132. The zero-order valence-electron chi connectivity index (χ0n) is 21.8. The van der Waals surface area contributed by atoms with Crippen molar-refractivity contribution in [2.24, 2.45) is 0 Å². The molecule has 38 heavy (non-hydrogen) atoms. The quantitative estimate of drug-likeness (QED) is 0.123. The number of esters is 1. The first-order chi connectivity index (χ1) is 18.3. The van der Waals surface area contributed by atoms with E-state index in [1.807, 2.05) is 31.2 Å². The molecule has 0 aliphatic carbocycles. The number of hydrogen-bond donors (Lipinski definition) is 1. The number of unbranched alkanes of at least 4 members (excludes halogenated alkanes) is 1. The number of aliphatic hydroxyl groups is 1. The van der Waals surface area contributed by atoms with Crippen molar-refractivity contribution in [1.82, 2.24) is 4.98 Å². The number of aryl methyl sites for hydroxylation is 2. The summed E-state index contributed by atoms with van der Waals surface area (Å²) in [6, 6.07) is 13.2. The van der Waals surface area contributed by atoms with Gasteiger partial charge in [-0.25, -0.2) is 9.78 Å². The molecule has 1 N–H and O–H groups in total. The smallest absolute Gasteiger partial charge is 0.350 e. The monoisotopic (exact) mass is 534 g/mol. The first-order valence-corrected chi connectivity index (χ1v) is 13.3. The minimum atomic E-state index is -0.944. The number of aliphatic hydroxyl groups excluding tert-OH is 1. The Morgan fingerprint density at radius 3 is 2.53 bits per heavy atom. The van der Waals surface area contributed by atoms with Crippen molar-refractivity contribution in [3.05, 3.63) is 81.4 Å². The second kappa shape index (κ2) is 11.6. The standard InChI is InChI=1S/C29H30N2O6S/c1-5-7-15-37-21-10-8-9-20(16-21)24(32)22-23(19-13-11-17(3)12-14-19)31(27(34)25(22)33)29-30-18(4)26(38-29)28(35)36-6-2/h8-14,16,23,32H,5-7,15H2,1-4H3. The van der Waals surface area contributed by atoms with Crippen molar-refractivity contribution in [3.63, 3.8) is 0 Å². The van der Waals surface area contributed by atoms with Crippen molar-refractivity contribution >= 4 is 39.9 Å². The van der Waals surface area contributed by atoms with Crippen LogP contribution in [0.4, 0.5) is 5.13 Å². The molecular weight excluding hydrogens is 504 g/mol. The van der Waals surface area contributed by atoms with Crippen molar-refractivity contribution in [1.29, 1.82) is 0 Å². The van der Waals surface area contributed by atoms with E-state index in [-0.39, 0.29) is 27.9 Å². The van der Waals surface area contributed by atoms with E-state index in [1.165, 1.54) is 4.90 Å². The highest BCUT2D eigenvalue weighted by molar-refractivity contribution is 7.17. The minimum Gasteiger partial charge on any atom is -0.507 e. The molecule has 2 heterocycles. The van der Waals surface area contributed by atoms with E-state index in [0.717, 1.165) is 29.7 Å². The SMILES string of the molecule is CCCCOc1cccc(C(O)=C2C(=O)C(=O)N(c3nc(C)c(C(=O)OCC)s3)C2c2ccc(C)cc2)c1. The molecule has 198 valence electrons. The first kappa shape index (κ1) is 27.1. The fraction of sp³-hybridized carbons (Fsp3) is 0.310. The number of nitrogens with zero attached hydrogens (tertiary/aromatic N) is 2. The third-order valence-electron chi connectivity index (χ3n) is 6.16. The van der Waals surface area contributed by atoms with Gasteiger partial charge in [-0.05, 0) is 44.9 Å². The van der Waals surface area contributed by atoms with Crippen LogP contribution in [0.5, 0.6) is 5.75 Å². The van der Waals surface area contributed by atoms with Crippen LogP contribution in [0.1, 0.15) is 64.8 Å². The Morgan fingerprint density at radius 2 is 1.84 bits per heavy atom. The Kier molecular flexibility index (Phi) is 8.26. The van der Waals surface area contributed by atoms with Crippen LogP contribution in [0.25, 0.3) is 5.76 Å². The third-order valence-corrected chi connectivity index (χ3v) is 7.30. The first-order valence-electron chi connectivity index (χ1n) is 12.5. The van der Waals surface area contributed by atoms with E-state index >= 15 is 0 Å². The van der Waals surface area contributed by atoms with E-state index in [4.69, 9.17) is 9.47 Å². The van der Waals surface area contributed by atoms with Gasteiger partial charge in [0.1, 0.15) is 16.4 Å². The molecule has 1 fully saturated rings. The maximum atomic E-state index is 13.4. The van der Waals surface area contributed by atoms with E-state index in [2.05, 4.69) is 11.9 Å². The summed E-state index contributed by atoms with van der Waals surface area (Å²) in [7, 11) is 0. The Labute approximate surface area is 225 Å². The lowest BCUT2D eigenvalue weighted by Crippen LogP contribution is -2.29. The molecule has 0 saturated carbocycles. The molecule has 0 bridgehead atoms. The predicted molar refractivity (Wildman–Crippen MR) is 146 cm³/mol. The van der Waals surface area contributed by atoms with Crippen molar-refractivity contribution in [2.45, 2.75) is 46.6 Å². The lowest BCUT2D eigenvalue weighted by atomic mass is 9.95. The van der Waals surface area contributed by atoms with Crippen molar-refractivity contribution in [2.75, 3.05) is 18.1 Å². The molecule has 1 aliphatic rings. The van der Waals surface area contributed by atoms with Crippen molar-refractivity contribution in [3.8, 4) is 5.75 Å². The molecule has 1 amide bonds. The number of rotatable bonds is 9. The molecule has 9 heteroatoms. The fourth-order valence-electron chi connectivity index (χ4n) is 4.19. The Hall–Kier alpha value is -3.98. The normalized spacial score (nSPS) is 16.6. The van der Waals surface area contributed by atoms with Crippen LogP contribution in [-0.2, 0) is 14.3 Å². The van der Waals surface area contributed by atoms with Crippen LogP contribution < -0.4 is 9.64 Å². The maximum absolute atomic E-state index is 13.4. The Bertz CT molecular complexity index is 1390. The average Bonchev–Trinajstić information content (AvgIpc) is 3.41. The van der Waals surface area contributed by atoms with Gasteiger partial charge in [0, 0.05) is 5.56 Å². The zero-order chi connectivity index (χ0) is 27.4. The lowest BCUT2D eigenvalue weighted by Gasteiger charge is -2.23. The van der Waals surface area contributed by atoms with Gasteiger partial charge in [-0.1, -0.05) is 66.6 Å². The molecule has 0 spiro atoms. The van der Waals surface area contributed by atoms with Crippen LogP contribution in [0.3, 0.4) is 0 Å². The molecule has 1 unspecified atom stereocenters. The van der Waals surface area contributed by atoms with Gasteiger partial charge in [0.25, 0.3) is 5.78 Å². The molecule has 0 radical (unpaired) electrons. The van der Waals surface area contributed by atoms with Gasteiger partial charge in [0.15, 0.2) is 5.13 Å². The van der Waals surface area contributed by atoms with Gasteiger partial charge in [0.2, 0.25) is 0 Å². The number of anilines is 1. The van der Waals surface area contributed by atoms with Gasteiger partial charge in [-0.3, -0.25) is 14.5 Å². The maximum Gasteiger partial charge on any atom is 0.350 e. The Morgan fingerprint density at radius 1 is 1.11 bits per heavy atom. The highest BCUT2D eigenvalue weighted by Crippen LogP contribution is 2.44. The fourth-order valence-corrected chi connectivity index (χ4v) is 5.18. The molecule has 3 aromatic rings. The summed E-state index contributed by atoms with van der Waals surface area (Å²) in [4.78, 5) is 45.2. The Balaban J connectivity index is 1.84. The van der Waals surface area contributed by atoms with Crippen molar-refractivity contribution < 1.29 is 29.0 Å².